The average molecular weight is 441 g/mol. The molecule has 6 nitrogen and oxygen atoms in total. The molecule has 31 heavy (non-hydrogen) atoms. The zero-order chi connectivity index (χ0) is 21.8. The Morgan fingerprint density at radius 1 is 1.19 bits per heavy atom. The van der Waals surface area contributed by atoms with Crippen LogP contribution in [0.15, 0.2) is 47.8 Å². The van der Waals surface area contributed by atoms with E-state index in [1.807, 2.05) is 47.8 Å². The molecule has 0 bridgehead atoms. The first-order valence-corrected chi connectivity index (χ1v) is 11.7. The lowest BCUT2D eigenvalue weighted by atomic mass is 9.75. The van der Waals surface area contributed by atoms with Crippen LogP contribution in [-0.2, 0) is 31.1 Å². The Labute approximate surface area is 186 Å². The maximum atomic E-state index is 13.6. The number of likely N-dealkylation sites (tertiary alicyclic amines) is 1. The molecule has 7 heteroatoms. The molecule has 0 saturated carbocycles. The fourth-order valence-electron chi connectivity index (χ4n) is 4.49. The molecule has 2 aliphatic heterocycles. The Bertz CT molecular complexity index is 924. The third-order valence-electron chi connectivity index (χ3n) is 6.26. The standard InChI is InChI=1S/C24H28N2O4S/c1-25(16-19-10-5-6-12-30-19)21(27)14-24(18-8-3-2-4-9-18)15-22(28)26(23(24)29)17-20-11-7-13-31-20/h2-4,7-9,11,13,19H,5-6,10,12,14-17H2,1H3/t19-,24-/m0/s1. The number of nitrogens with zero attached hydrogens (tertiary/aromatic N) is 2. The third-order valence-corrected chi connectivity index (χ3v) is 7.12. The van der Waals surface area contributed by atoms with Crippen molar-refractivity contribution in [1.82, 2.24) is 9.80 Å². The number of benzene rings is 1. The first kappa shape index (κ1) is 21.7. The Balaban J connectivity index is 1.56. The van der Waals surface area contributed by atoms with Gasteiger partial charge in [-0.3, -0.25) is 19.3 Å². The predicted molar refractivity (Wildman–Crippen MR) is 118 cm³/mol. The number of carbonyl (C=O) groups is 3. The molecule has 3 amide bonds. The summed E-state index contributed by atoms with van der Waals surface area (Å²) >= 11 is 1.51. The third kappa shape index (κ3) is 4.57. The van der Waals surface area contributed by atoms with Crippen LogP contribution in [0, 0.1) is 0 Å². The van der Waals surface area contributed by atoms with Crippen molar-refractivity contribution in [3.05, 3.63) is 58.3 Å². The van der Waals surface area contributed by atoms with Gasteiger partial charge < -0.3 is 9.64 Å². The van der Waals surface area contributed by atoms with Crippen molar-refractivity contribution in [2.75, 3.05) is 20.2 Å². The van der Waals surface area contributed by atoms with E-state index in [2.05, 4.69) is 0 Å². The number of carbonyl (C=O) groups excluding carboxylic acids is 3. The molecule has 4 rings (SSSR count). The van der Waals surface area contributed by atoms with Gasteiger partial charge in [0.1, 0.15) is 0 Å². The van der Waals surface area contributed by atoms with Gasteiger partial charge in [0, 0.05) is 37.9 Å². The highest BCUT2D eigenvalue weighted by Crippen LogP contribution is 2.41. The van der Waals surface area contributed by atoms with E-state index in [9.17, 15) is 14.4 Å². The minimum atomic E-state index is -1.16. The topological polar surface area (TPSA) is 66.9 Å². The molecular formula is C24H28N2O4S. The van der Waals surface area contributed by atoms with Crippen LogP contribution in [-0.4, -0.2) is 53.8 Å². The number of amides is 3. The lowest BCUT2D eigenvalue weighted by molar-refractivity contribution is -0.143. The molecule has 1 aromatic heterocycles. The fourth-order valence-corrected chi connectivity index (χ4v) is 5.19. The van der Waals surface area contributed by atoms with E-state index in [1.54, 1.807) is 11.9 Å². The van der Waals surface area contributed by atoms with Gasteiger partial charge in [-0.05, 0) is 36.3 Å². The molecule has 0 radical (unpaired) electrons. The van der Waals surface area contributed by atoms with E-state index in [4.69, 9.17) is 4.74 Å². The number of hydrogen-bond donors (Lipinski definition) is 0. The molecule has 164 valence electrons. The van der Waals surface area contributed by atoms with Gasteiger partial charge in [0.25, 0.3) is 0 Å². The van der Waals surface area contributed by atoms with E-state index in [-0.39, 0.29) is 43.2 Å². The van der Waals surface area contributed by atoms with Gasteiger partial charge in [0.15, 0.2) is 0 Å². The molecule has 0 aliphatic carbocycles. The van der Waals surface area contributed by atoms with Crippen LogP contribution in [0.5, 0.6) is 0 Å². The van der Waals surface area contributed by atoms with Gasteiger partial charge in [-0.15, -0.1) is 11.3 Å². The zero-order valence-electron chi connectivity index (χ0n) is 17.8. The lowest BCUT2D eigenvalue weighted by Gasteiger charge is -2.31. The molecule has 2 saturated heterocycles. The second-order valence-electron chi connectivity index (χ2n) is 8.43. The summed E-state index contributed by atoms with van der Waals surface area (Å²) in [5.74, 6) is -0.654. The summed E-state index contributed by atoms with van der Waals surface area (Å²) in [5.41, 5.74) is -0.438. The summed E-state index contributed by atoms with van der Waals surface area (Å²) in [6.07, 6.45) is 3.12. The molecule has 2 fully saturated rings. The Morgan fingerprint density at radius 2 is 2.00 bits per heavy atom. The van der Waals surface area contributed by atoms with Gasteiger partial charge in [-0.2, -0.15) is 0 Å². The van der Waals surface area contributed by atoms with Crippen LogP contribution in [0.2, 0.25) is 0 Å². The first-order valence-electron chi connectivity index (χ1n) is 10.8. The van der Waals surface area contributed by atoms with Crippen molar-refractivity contribution in [1.29, 1.82) is 0 Å². The van der Waals surface area contributed by atoms with Crippen molar-refractivity contribution in [3.63, 3.8) is 0 Å². The highest BCUT2D eigenvalue weighted by Gasteiger charge is 2.54. The molecule has 2 aromatic rings. The van der Waals surface area contributed by atoms with Crippen LogP contribution in [0.1, 0.15) is 42.5 Å². The lowest BCUT2D eigenvalue weighted by Crippen LogP contribution is -2.44. The number of rotatable bonds is 7. The van der Waals surface area contributed by atoms with Crippen molar-refractivity contribution in [2.24, 2.45) is 0 Å². The Hall–Kier alpha value is -2.51. The van der Waals surface area contributed by atoms with Crippen molar-refractivity contribution in [2.45, 2.75) is 50.2 Å². The van der Waals surface area contributed by atoms with E-state index in [0.717, 1.165) is 36.3 Å². The van der Waals surface area contributed by atoms with Crippen molar-refractivity contribution in [3.8, 4) is 0 Å². The second kappa shape index (κ2) is 9.32. The molecule has 0 N–H and O–H groups in total. The molecule has 0 unspecified atom stereocenters. The molecule has 2 atom stereocenters. The summed E-state index contributed by atoms with van der Waals surface area (Å²) in [6.45, 7) is 1.49. The van der Waals surface area contributed by atoms with E-state index in [1.165, 1.54) is 16.2 Å². The smallest absolute Gasteiger partial charge is 0.241 e. The molecule has 2 aliphatic rings. The number of ether oxygens (including phenoxy) is 1. The van der Waals surface area contributed by atoms with Crippen LogP contribution in [0.25, 0.3) is 0 Å². The summed E-state index contributed by atoms with van der Waals surface area (Å²) in [5, 5.41) is 1.93. The fraction of sp³-hybridized carbons (Fsp3) is 0.458. The monoisotopic (exact) mass is 440 g/mol. The summed E-state index contributed by atoms with van der Waals surface area (Å²) in [4.78, 5) is 43.7. The van der Waals surface area contributed by atoms with Crippen molar-refractivity contribution >= 4 is 29.1 Å². The minimum absolute atomic E-state index is 0.0146. The van der Waals surface area contributed by atoms with Crippen LogP contribution in [0.3, 0.4) is 0 Å². The number of likely N-dealkylation sites (N-methyl/N-ethyl adjacent to an activating group) is 1. The molecular weight excluding hydrogens is 412 g/mol. The van der Waals surface area contributed by atoms with Gasteiger partial charge >= 0.3 is 0 Å². The zero-order valence-corrected chi connectivity index (χ0v) is 18.6. The largest absolute Gasteiger partial charge is 0.376 e. The normalized spacial score (nSPS) is 23.9. The maximum Gasteiger partial charge on any atom is 0.241 e. The highest BCUT2D eigenvalue weighted by atomic mass is 32.1. The Morgan fingerprint density at radius 3 is 2.68 bits per heavy atom. The summed E-state index contributed by atoms with van der Waals surface area (Å²) in [6, 6.07) is 13.1. The minimum Gasteiger partial charge on any atom is -0.376 e. The molecule has 3 heterocycles. The Kier molecular flexibility index (Phi) is 6.53. The van der Waals surface area contributed by atoms with Gasteiger partial charge in [-0.1, -0.05) is 36.4 Å². The number of hydrogen-bond acceptors (Lipinski definition) is 5. The SMILES string of the molecule is CN(C[C@@H]1CCCCO1)C(=O)C[C@@]1(c2ccccc2)CC(=O)N(Cc2cccs2)C1=O. The van der Waals surface area contributed by atoms with Gasteiger partial charge in [0.2, 0.25) is 17.7 Å². The van der Waals surface area contributed by atoms with Gasteiger partial charge in [0.05, 0.1) is 18.1 Å². The van der Waals surface area contributed by atoms with Gasteiger partial charge in [-0.25, -0.2) is 0 Å². The second-order valence-corrected chi connectivity index (χ2v) is 9.46. The maximum absolute atomic E-state index is 13.6. The van der Waals surface area contributed by atoms with Crippen LogP contribution >= 0.6 is 11.3 Å². The summed E-state index contributed by atoms with van der Waals surface area (Å²) < 4.78 is 5.77. The van der Waals surface area contributed by atoms with Crippen LogP contribution in [0.4, 0.5) is 0 Å². The predicted octanol–water partition coefficient (Wildman–Crippen LogP) is 3.36. The van der Waals surface area contributed by atoms with E-state index in [0.29, 0.717) is 6.54 Å². The highest BCUT2D eigenvalue weighted by molar-refractivity contribution is 7.09. The molecule has 0 spiro atoms. The number of imide groups is 1. The first-order chi connectivity index (χ1) is 15.0. The van der Waals surface area contributed by atoms with E-state index >= 15 is 0 Å². The molecule has 1 aromatic carbocycles. The quantitative estimate of drug-likeness (QED) is 0.619. The van der Waals surface area contributed by atoms with Crippen LogP contribution < -0.4 is 0 Å². The van der Waals surface area contributed by atoms with E-state index < -0.39 is 5.41 Å². The average Bonchev–Trinajstić information content (AvgIpc) is 3.38. The summed E-state index contributed by atoms with van der Waals surface area (Å²) in [7, 11) is 1.75. The van der Waals surface area contributed by atoms with Crippen molar-refractivity contribution < 1.29 is 19.1 Å². The number of thiophene rings is 1.